The smallest absolute Gasteiger partial charge is 0.253 e. The van der Waals surface area contributed by atoms with Gasteiger partial charge in [0, 0.05) is 19.2 Å². The maximum atomic E-state index is 12.8. The predicted molar refractivity (Wildman–Crippen MR) is 73.4 cm³/mol. The van der Waals surface area contributed by atoms with Crippen LogP contribution >= 0.6 is 0 Å². The third kappa shape index (κ3) is 3.41. The van der Waals surface area contributed by atoms with Crippen LogP contribution in [0.1, 0.15) is 21.5 Å². The third-order valence-electron chi connectivity index (χ3n) is 2.98. The summed E-state index contributed by atoms with van der Waals surface area (Å²) < 4.78 is 12.8. The monoisotopic (exact) mass is 257 g/mol. The highest BCUT2D eigenvalue weighted by Crippen LogP contribution is 2.10. The van der Waals surface area contributed by atoms with Crippen LogP contribution in [0.3, 0.4) is 0 Å². The Kier molecular flexibility index (Phi) is 3.95. The lowest BCUT2D eigenvalue weighted by Crippen LogP contribution is -2.26. The van der Waals surface area contributed by atoms with E-state index in [-0.39, 0.29) is 11.7 Å². The van der Waals surface area contributed by atoms with E-state index in [4.69, 9.17) is 0 Å². The maximum absolute atomic E-state index is 12.8. The van der Waals surface area contributed by atoms with Gasteiger partial charge in [-0.1, -0.05) is 29.8 Å². The summed E-state index contributed by atoms with van der Waals surface area (Å²) in [4.78, 5) is 13.8. The highest BCUT2D eigenvalue weighted by molar-refractivity contribution is 5.94. The molecular weight excluding hydrogens is 241 g/mol. The fourth-order valence-electron chi connectivity index (χ4n) is 1.85. The Morgan fingerprint density at radius 3 is 2.21 bits per heavy atom. The number of amides is 1. The van der Waals surface area contributed by atoms with E-state index >= 15 is 0 Å². The van der Waals surface area contributed by atoms with E-state index in [1.165, 1.54) is 12.1 Å². The lowest BCUT2D eigenvalue weighted by Gasteiger charge is -2.17. The van der Waals surface area contributed by atoms with Crippen LogP contribution in [0.4, 0.5) is 4.39 Å². The molecule has 0 N–H and O–H groups in total. The molecule has 3 heteroatoms. The van der Waals surface area contributed by atoms with E-state index in [0.717, 1.165) is 11.1 Å². The lowest BCUT2D eigenvalue weighted by atomic mass is 10.1. The summed E-state index contributed by atoms with van der Waals surface area (Å²) in [5.41, 5.74) is 2.69. The van der Waals surface area contributed by atoms with Crippen molar-refractivity contribution in [2.75, 3.05) is 7.05 Å². The minimum absolute atomic E-state index is 0.0377. The molecular formula is C16H16FNO. The lowest BCUT2D eigenvalue weighted by molar-refractivity contribution is 0.0785. The van der Waals surface area contributed by atoms with Crippen molar-refractivity contribution in [3.8, 4) is 0 Å². The van der Waals surface area contributed by atoms with Crippen molar-refractivity contribution in [2.45, 2.75) is 13.5 Å². The van der Waals surface area contributed by atoms with Gasteiger partial charge in [-0.05, 0) is 36.8 Å². The molecule has 0 heterocycles. The first kappa shape index (κ1) is 13.3. The molecule has 2 rings (SSSR count). The zero-order valence-electron chi connectivity index (χ0n) is 11.1. The molecule has 0 aliphatic heterocycles. The third-order valence-corrected chi connectivity index (χ3v) is 2.98. The van der Waals surface area contributed by atoms with E-state index in [1.807, 2.05) is 31.2 Å². The Labute approximate surface area is 112 Å². The zero-order valence-corrected chi connectivity index (χ0v) is 11.1. The van der Waals surface area contributed by atoms with Crippen LogP contribution < -0.4 is 0 Å². The summed E-state index contributed by atoms with van der Waals surface area (Å²) in [7, 11) is 1.74. The molecule has 98 valence electrons. The van der Waals surface area contributed by atoms with E-state index in [9.17, 15) is 9.18 Å². The fraction of sp³-hybridized carbons (Fsp3) is 0.188. The Hall–Kier alpha value is -2.16. The molecule has 0 spiro atoms. The minimum atomic E-state index is -0.267. The number of halogens is 1. The second-order valence-electron chi connectivity index (χ2n) is 4.65. The molecule has 0 unspecified atom stereocenters. The number of carbonyl (C=O) groups excluding carboxylic acids is 1. The second kappa shape index (κ2) is 5.65. The van der Waals surface area contributed by atoms with Crippen LogP contribution in [0.2, 0.25) is 0 Å². The van der Waals surface area contributed by atoms with Gasteiger partial charge in [-0.15, -0.1) is 0 Å². The molecule has 0 aliphatic rings. The van der Waals surface area contributed by atoms with Crippen molar-refractivity contribution < 1.29 is 9.18 Å². The number of hydrogen-bond acceptors (Lipinski definition) is 1. The number of aryl methyl sites for hydroxylation is 1. The van der Waals surface area contributed by atoms with Gasteiger partial charge in [0.25, 0.3) is 5.91 Å². The molecule has 0 aromatic heterocycles. The Morgan fingerprint density at radius 2 is 1.63 bits per heavy atom. The molecule has 19 heavy (non-hydrogen) atoms. The average molecular weight is 257 g/mol. The first-order valence-electron chi connectivity index (χ1n) is 6.13. The van der Waals surface area contributed by atoms with Crippen molar-refractivity contribution in [2.24, 2.45) is 0 Å². The van der Waals surface area contributed by atoms with Crippen LogP contribution in [-0.4, -0.2) is 17.9 Å². The van der Waals surface area contributed by atoms with Crippen molar-refractivity contribution in [3.05, 3.63) is 71.0 Å². The first-order valence-corrected chi connectivity index (χ1v) is 6.13. The highest BCUT2D eigenvalue weighted by Gasteiger charge is 2.11. The van der Waals surface area contributed by atoms with Crippen LogP contribution in [-0.2, 0) is 6.54 Å². The van der Waals surface area contributed by atoms with Crippen molar-refractivity contribution in [3.63, 3.8) is 0 Å². The molecule has 0 saturated heterocycles. The van der Waals surface area contributed by atoms with Crippen LogP contribution in [0, 0.1) is 12.7 Å². The molecule has 0 bridgehead atoms. The normalized spacial score (nSPS) is 10.3. The standard InChI is InChI=1S/C16H16FNO/c1-12-3-7-14(8-4-12)16(19)18(2)11-13-5-9-15(17)10-6-13/h3-10H,11H2,1-2H3. The van der Waals surface area contributed by atoms with E-state index in [1.54, 1.807) is 24.1 Å². The number of carbonyl (C=O) groups is 1. The SMILES string of the molecule is Cc1ccc(C(=O)N(C)Cc2ccc(F)cc2)cc1. The molecule has 2 aromatic rings. The average Bonchev–Trinajstić information content (AvgIpc) is 2.41. The molecule has 0 atom stereocenters. The number of hydrogen-bond donors (Lipinski definition) is 0. The summed E-state index contributed by atoms with van der Waals surface area (Å²) >= 11 is 0. The Bertz CT molecular complexity index is 560. The Morgan fingerprint density at radius 1 is 1.05 bits per heavy atom. The van der Waals surface area contributed by atoms with Crippen molar-refractivity contribution in [1.29, 1.82) is 0 Å². The first-order chi connectivity index (χ1) is 9.06. The molecule has 0 aliphatic carbocycles. The van der Waals surface area contributed by atoms with Crippen LogP contribution in [0.5, 0.6) is 0 Å². The maximum Gasteiger partial charge on any atom is 0.253 e. The molecule has 0 saturated carbocycles. The van der Waals surface area contributed by atoms with Gasteiger partial charge in [0.2, 0.25) is 0 Å². The zero-order chi connectivity index (χ0) is 13.8. The summed E-state index contributed by atoms with van der Waals surface area (Å²) in [6, 6.07) is 13.6. The summed E-state index contributed by atoms with van der Waals surface area (Å²) in [6.45, 7) is 2.45. The van der Waals surface area contributed by atoms with Gasteiger partial charge in [0.05, 0.1) is 0 Å². The highest BCUT2D eigenvalue weighted by atomic mass is 19.1. The van der Waals surface area contributed by atoms with E-state index in [2.05, 4.69) is 0 Å². The largest absolute Gasteiger partial charge is 0.337 e. The van der Waals surface area contributed by atoms with E-state index < -0.39 is 0 Å². The topological polar surface area (TPSA) is 20.3 Å². The number of nitrogens with zero attached hydrogens (tertiary/aromatic N) is 1. The van der Waals surface area contributed by atoms with Crippen molar-refractivity contribution in [1.82, 2.24) is 4.90 Å². The molecule has 2 aromatic carbocycles. The number of benzene rings is 2. The van der Waals surface area contributed by atoms with E-state index in [0.29, 0.717) is 12.1 Å². The van der Waals surface area contributed by atoms with Gasteiger partial charge >= 0.3 is 0 Å². The summed E-state index contributed by atoms with van der Waals surface area (Å²) in [5, 5.41) is 0. The Balaban J connectivity index is 2.07. The minimum Gasteiger partial charge on any atom is -0.337 e. The van der Waals surface area contributed by atoms with Crippen LogP contribution in [0.25, 0.3) is 0 Å². The van der Waals surface area contributed by atoms with Crippen LogP contribution in [0.15, 0.2) is 48.5 Å². The second-order valence-corrected chi connectivity index (χ2v) is 4.65. The molecule has 0 radical (unpaired) electrons. The summed E-state index contributed by atoms with van der Waals surface area (Å²) in [5.74, 6) is -0.305. The fourth-order valence-corrected chi connectivity index (χ4v) is 1.85. The number of rotatable bonds is 3. The molecule has 0 fully saturated rings. The van der Waals surface area contributed by atoms with Gasteiger partial charge in [0.1, 0.15) is 5.82 Å². The summed E-state index contributed by atoms with van der Waals surface area (Å²) in [6.07, 6.45) is 0. The molecule has 1 amide bonds. The van der Waals surface area contributed by atoms with Gasteiger partial charge < -0.3 is 4.90 Å². The van der Waals surface area contributed by atoms with Gasteiger partial charge in [0.15, 0.2) is 0 Å². The van der Waals surface area contributed by atoms with Gasteiger partial charge in [-0.2, -0.15) is 0 Å². The predicted octanol–water partition coefficient (Wildman–Crippen LogP) is 3.41. The van der Waals surface area contributed by atoms with Gasteiger partial charge in [-0.25, -0.2) is 4.39 Å². The molecule has 2 nitrogen and oxygen atoms in total. The quantitative estimate of drug-likeness (QED) is 0.825. The van der Waals surface area contributed by atoms with Crippen molar-refractivity contribution >= 4 is 5.91 Å². The van der Waals surface area contributed by atoms with Gasteiger partial charge in [-0.3, -0.25) is 4.79 Å².